The fourth-order valence-electron chi connectivity index (χ4n) is 2.18. The summed E-state index contributed by atoms with van der Waals surface area (Å²) in [4.78, 5) is 15.5. The van der Waals surface area contributed by atoms with Gasteiger partial charge in [-0.3, -0.25) is 15.1 Å². The third-order valence-electron chi connectivity index (χ3n) is 3.27. The molecule has 1 fully saturated rings. The number of thioether (sulfide) groups is 1. The molecule has 3 rings (SSSR count). The van der Waals surface area contributed by atoms with Crippen molar-refractivity contribution < 1.29 is 14.6 Å². The van der Waals surface area contributed by atoms with Crippen molar-refractivity contribution in [3.05, 3.63) is 36.0 Å². The Labute approximate surface area is 120 Å². The third-order valence-corrected chi connectivity index (χ3v) is 4.50. The Hall–Kier alpha value is -1.79. The van der Waals surface area contributed by atoms with Gasteiger partial charge in [-0.2, -0.15) is 0 Å². The summed E-state index contributed by atoms with van der Waals surface area (Å²) in [6.45, 7) is 0. The van der Waals surface area contributed by atoms with Crippen molar-refractivity contribution in [2.45, 2.75) is 11.4 Å². The lowest BCUT2D eigenvalue weighted by molar-refractivity contribution is -0.138. The van der Waals surface area contributed by atoms with E-state index in [0.29, 0.717) is 5.75 Å². The number of aromatic nitrogens is 1. The van der Waals surface area contributed by atoms with Gasteiger partial charge in [-0.15, -0.1) is 11.8 Å². The van der Waals surface area contributed by atoms with Crippen molar-refractivity contribution in [1.29, 1.82) is 0 Å². The number of methoxy groups -OCH3 is 1. The smallest absolute Gasteiger partial charge is 0.321 e. The van der Waals surface area contributed by atoms with Gasteiger partial charge < -0.3 is 9.84 Å². The number of carboxylic acids is 1. The van der Waals surface area contributed by atoms with Crippen molar-refractivity contribution in [2.24, 2.45) is 0 Å². The van der Waals surface area contributed by atoms with E-state index >= 15 is 0 Å². The number of ether oxygens (including phenoxy) is 1. The number of hydrogen-bond acceptors (Lipinski definition) is 5. The van der Waals surface area contributed by atoms with Gasteiger partial charge in [-0.05, 0) is 24.3 Å². The molecule has 1 aromatic carbocycles. The average Bonchev–Trinajstić information content (AvgIpc) is 2.96. The van der Waals surface area contributed by atoms with E-state index < -0.39 is 12.0 Å². The van der Waals surface area contributed by atoms with Gasteiger partial charge in [0.2, 0.25) is 0 Å². The second kappa shape index (κ2) is 5.30. The van der Waals surface area contributed by atoms with E-state index in [1.807, 2.05) is 30.3 Å². The number of pyridine rings is 1. The van der Waals surface area contributed by atoms with Crippen molar-refractivity contribution in [3.63, 3.8) is 0 Å². The molecular formula is C14H14N2O3S. The van der Waals surface area contributed by atoms with Gasteiger partial charge in [0, 0.05) is 11.1 Å². The molecule has 0 radical (unpaired) electrons. The lowest BCUT2D eigenvalue weighted by Crippen LogP contribution is -2.33. The van der Waals surface area contributed by atoms with Crippen LogP contribution in [0.1, 0.15) is 11.1 Å². The molecule has 1 aliphatic rings. The molecule has 5 nitrogen and oxygen atoms in total. The number of hydrogen-bond donors (Lipinski definition) is 2. The molecule has 20 heavy (non-hydrogen) atoms. The van der Waals surface area contributed by atoms with Crippen molar-refractivity contribution in [3.8, 4) is 5.75 Å². The number of aliphatic carboxylic acids is 1. The van der Waals surface area contributed by atoms with E-state index in [-0.39, 0.29) is 5.37 Å². The minimum absolute atomic E-state index is 0.0670. The molecule has 1 saturated heterocycles. The highest BCUT2D eigenvalue weighted by atomic mass is 32.2. The number of benzene rings is 1. The summed E-state index contributed by atoms with van der Waals surface area (Å²) in [7, 11) is 1.63. The van der Waals surface area contributed by atoms with E-state index in [4.69, 9.17) is 9.84 Å². The highest BCUT2D eigenvalue weighted by Gasteiger charge is 2.31. The van der Waals surface area contributed by atoms with Crippen LogP contribution in [-0.4, -0.2) is 35.0 Å². The second-order valence-corrected chi connectivity index (χ2v) is 5.70. The third kappa shape index (κ3) is 2.44. The standard InChI is InChI=1S/C14H14N2O3S/c1-19-9-3-5-10-8(6-9)2-4-11(15-10)13-16-12(7-20-13)14(17)18/h2-6,12-13,16H,7H2,1H3,(H,17,18)/t12-,13+/m0/s1. The molecule has 1 aliphatic heterocycles. The van der Waals surface area contributed by atoms with E-state index in [0.717, 1.165) is 22.3 Å². The molecule has 0 unspecified atom stereocenters. The Balaban J connectivity index is 1.88. The molecule has 2 aromatic rings. The maximum absolute atomic E-state index is 11.0. The van der Waals surface area contributed by atoms with Gasteiger partial charge in [0.1, 0.15) is 11.8 Å². The first-order valence-corrected chi connectivity index (χ1v) is 7.27. The lowest BCUT2D eigenvalue weighted by Gasteiger charge is -2.11. The summed E-state index contributed by atoms with van der Waals surface area (Å²) in [5.41, 5.74) is 1.74. The Kier molecular flexibility index (Phi) is 3.50. The van der Waals surface area contributed by atoms with E-state index in [9.17, 15) is 4.79 Å². The molecule has 0 bridgehead atoms. The van der Waals surface area contributed by atoms with Crippen LogP contribution in [0.25, 0.3) is 10.9 Å². The fraction of sp³-hybridized carbons (Fsp3) is 0.286. The van der Waals surface area contributed by atoms with Crippen LogP contribution in [0, 0.1) is 0 Å². The zero-order valence-corrected chi connectivity index (χ0v) is 11.7. The maximum Gasteiger partial charge on any atom is 0.321 e. The molecule has 2 N–H and O–H groups in total. The highest BCUT2D eigenvalue weighted by molar-refractivity contribution is 7.99. The number of carboxylic acid groups (broad SMARTS) is 1. The molecular weight excluding hydrogens is 276 g/mol. The first-order valence-electron chi connectivity index (χ1n) is 6.22. The Morgan fingerprint density at radius 3 is 3.00 bits per heavy atom. The molecule has 0 spiro atoms. The van der Waals surface area contributed by atoms with Crippen LogP contribution in [0.5, 0.6) is 5.75 Å². The molecule has 2 heterocycles. The number of nitrogens with one attached hydrogen (secondary N) is 1. The summed E-state index contributed by atoms with van der Waals surface area (Å²) in [6.07, 6.45) is 0. The number of fused-ring (bicyclic) bond motifs is 1. The topological polar surface area (TPSA) is 71.5 Å². The van der Waals surface area contributed by atoms with Gasteiger partial charge in [0.25, 0.3) is 0 Å². The summed E-state index contributed by atoms with van der Waals surface area (Å²) in [5.74, 6) is 0.541. The number of nitrogens with zero attached hydrogens (tertiary/aromatic N) is 1. The highest BCUT2D eigenvalue weighted by Crippen LogP contribution is 2.32. The summed E-state index contributed by atoms with van der Waals surface area (Å²) in [5, 5.41) is 13.0. The van der Waals surface area contributed by atoms with Crippen LogP contribution in [0.15, 0.2) is 30.3 Å². The first-order chi connectivity index (χ1) is 9.67. The predicted molar refractivity (Wildman–Crippen MR) is 78.1 cm³/mol. The van der Waals surface area contributed by atoms with Crippen LogP contribution in [-0.2, 0) is 4.79 Å². The van der Waals surface area contributed by atoms with Crippen LogP contribution in [0.4, 0.5) is 0 Å². The van der Waals surface area contributed by atoms with Gasteiger partial charge >= 0.3 is 5.97 Å². The largest absolute Gasteiger partial charge is 0.497 e. The lowest BCUT2D eigenvalue weighted by atomic mass is 10.2. The monoisotopic (exact) mass is 290 g/mol. The number of rotatable bonds is 3. The van der Waals surface area contributed by atoms with Crippen molar-refractivity contribution >= 4 is 28.6 Å². The number of carbonyl (C=O) groups is 1. The first kappa shape index (κ1) is 13.2. The molecule has 104 valence electrons. The zero-order valence-electron chi connectivity index (χ0n) is 10.9. The maximum atomic E-state index is 11.0. The average molecular weight is 290 g/mol. The van der Waals surface area contributed by atoms with Gasteiger partial charge in [0.15, 0.2) is 0 Å². The Bertz CT molecular complexity index is 662. The minimum atomic E-state index is -0.814. The SMILES string of the molecule is COc1ccc2nc([C@@H]3N[C@H](C(=O)O)CS3)ccc2c1. The van der Waals surface area contributed by atoms with Crippen molar-refractivity contribution in [2.75, 3.05) is 12.9 Å². The molecule has 0 saturated carbocycles. The summed E-state index contributed by atoms with van der Waals surface area (Å²) < 4.78 is 5.18. The Morgan fingerprint density at radius 2 is 2.30 bits per heavy atom. The molecule has 0 amide bonds. The zero-order chi connectivity index (χ0) is 14.1. The fourth-order valence-corrected chi connectivity index (χ4v) is 3.36. The van der Waals surface area contributed by atoms with E-state index in [1.165, 1.54) is 0 Å². The predicted octanol–water partition coefficient (Wildman–Crippen LogP) is 2.03. The molecule has 6 heteroatoms. The van der Waals surface area contributed by atoms with Gasteiger partial charge in [-0.1, -0.05) is 6.07 Å². The van der Waals surface area contributed by atoms with Crippen LogP contribution in [0.3, 0.4) is 0 Å². The van der Waals surface area contributed by atoms with E-state index in [2.05, 4.69) is 10.3 Å². The normalized spacial score (nSPS) is 22.1. The van der Waals surface area contributed by atoms with Crippen LogP contribution >= 0.6 is 11.8 Å². The van der Waals surface area contributed by atoms with Gasteiger partial charge in [0.05, 0.1) is 23.7 Å². The van der Waals surface area contributed by atoms with Crippen LogP contribution in [0.2, 0.25) is 0 Å². The minimum Gasteiger partial charge on any atom is -0.497 e. The quantitative estimate of drug-likeness (QED) is 0.901. The Morgan fingerprint density at radius 1 is 1.45 bits per heavy atom. The van der Waals surface area contributed by atoms with Gasteiger partial charge in [-0.25, -0.2) is 0 Å². The molecule has 0 aliphatic carbocycles. The molecule has 2 atom stereocenters. The van der Waals surface area contributed by atoms with E-state index in [1.54, 1.807) is 18.9 Å². The summed E-state index contributed by atoms with van der Waals surface area (Å²) in [6, 6.07) is 9.12. The van der Waals surface area contributed by atoms with Crippen LogP contribution < -0.4 is 10.1 Å². The van der Waals surface area contributed by atoms with Crippen molar-refractivity contribution in [1.82, 2.24) is 10.3 Å². The molecule has 1 aromatic heterocycles. The second-order valence-electron chi connectivity index (χ2n) is 4.57. The summed E-state index contributed by atoms with van der Waals surface area (Å²) >= 11 is 1.57.